The van der Waals surface area contributed by atoms with E-state index in [1.807, 2.05) is 0 Å². The molecule has 0 radical (unpaired) electrons. The number of hydrogen-bond donors (Lipinski definition) is 0. The Kier molecular flexibility index (Phi) is 6.97. The lowest BCUT2D eigenvalue weighted by Gasteiger charge is -2.38. The van der Waals surface area contributed by atoms with Crippen molar-refractivity contribution in [3.63, 3.8) is 0 Å². The second-order valence-corrected chi connectivity index (χ2v) is 13.2. The molecule has 0 N–H and O–H groups in total. The van der Waals surface area contributed by atoms with Crippen LogP contribution in [0.4, 0.5) is 11.4 Å². The summed E-state index contributed by atoms with van der Waals surface area (Å²) in [5.41, 5.74) is 1.38. The lowest BCUT2D eigenvalue weighted by molar-refractivity contribution is 0.414. The largest absolute Gasteiger partial charge is 0.283 e. The minimum absolute atomic E-state index is 0.00402. The van der Waals surface area contributed by atoms with Crippen LogP contribution in [0.3, 0.4) is 0 Å². The summed E-state index contributed by atoms with van der Waals surface area (Å²) in [6.45, 7) is -0.00402. The molecule has 0 aliphatic heterocycles. The Bertz CT molecular complexity index is 1660. The van der Waals surface area contributed by atoms with Crippen molar-refractivity contribution < 1.29 is 16.8 Å². The fourth-order valence-electron chi connectivity index (χ4n) is 4.30. The van der Waals surface area contributed by atoms with E-state index in [1.54, 1.807) is 75.0 Å². The van der Waals surface area contributed by atoms with Gasteiger partial charge >= 0.3 is 0 Å². The molecule has 10 nitrogen and oxygen atoms in total. The zero-order valence-electron chi connectivity index (χ0n) is 20.8. The van der Waals surface area contributed by atoms with Gasteiger partial charge in [0.15, 0.2) is 10.1 Å². The Labute approximate surface area is 227 Å². The van der Waals surface area contributed by atoms with Crippen molar-refractivity contribution in [2.24, 2.45) is 14.1 Å². The van der Waals surface area contributed by atoms with Crippen LogP contribution in [0, 0.1) is 0 Å². The van der Waals surface area contributed by atoms with Gasteiger partial charge in [0.2, 0.25) is 0 Å². The second-order valence-electron chi connectivity index (χ2n) is 9.20. The van der Waals surface area contributed by atoms with Crippen LogP contribution in [0.5, 0.6) is 0 Å². The van der Waals surface area contributed by atoms with Crippen molar-refractivity contribution >= 4 is 43.0 Å². The molecule has 2 aromatic heterocycles. The molecule has 0 saturated heterocycles. The van der Waals surface area contributed by atoms with Crippen molar-refractivity contribution in [3.8, 4) is 0 Å². The van der Waals surface area contributed by atoms with Crippen LogP contribution in [0.1, 0.15) is 24.8 Å². The molecular formula is C25H27ClN6O4S2. The summed E-state index contributed by atoms with van der Waals surface area (Å²) < 4.78 is 60.5. The van der Waals surface area contributed by atoms with Crippen molar-refractivity contribution in [3.05, 3.63) is 83.6 Å². The second kappa shape index (κ2) is 10.1. The SMILES string of the molecule is Cn1ccc(S(=O)(=O)N(Cc2ccc(Cl)cc2)c2cccc(N(C3CCC3)S(=O)(=O)c3ccn(C)n3)c2)n1. The normalized spacial score (nSPS) is 14.3. The third-order valence-electron chi connectivity index (χ3n) is 6.47. The van der Waals surface area contributed by atoms with Gasteiger partial charge in [-0.2, -0.15) is 27.0 Å². The molecule has 5 rings (SSSR count). The molecule has 1 fully saturated rings. The number of halogens is 1. The van der Waals surface area contributed by atoms with E-state index in [4.69, 9.17) is 11.6 Å². The summed E-state index contributed by atoms with van der Waals surface area (Å²) in [4.78, 5) is 0. The van der Waals surface area contributed by atoms with E-state index in [0.29, 0.717) is 34.8 Å². The third-order valence-corrected chi connectivity index (χ3v) is 10.2. The number of anilines is 2. The van der Waals surface area contributed by atoms with Crippen LogP contribution < -0.4 is 8.61 Å². The van der Waals surface area contributed by atoms with E-state index in [-0.39, 0.29) is 22.6 Å². The molecule has 0 atom stereocenters. The van der Waals surface area contributed by atoms with Gasteiger partial charge in [-0.05, 0) is 67.3 Å². The van der Waals surface area contributed by atoms with Gasteiger partial charge in [-0.3, -0.25) is 18.0 Å². The zero-order valence-corrected chi connectivity index (χ0v) is 23.2. The Hall–Kier alpha value is -3.35. The molecule has 13 heteroatoms. The van der Waals surface area contributed by atoms with Crippen LogP contribution in [-0.2, 0) is 40.7 Å². The van der Waals surface area contributed by atoms with Crippen LogP contribution >= 0.6 is 11.6 Å². The highest BCUT2D eigenvalue weighted by atomic mass is 35.5. The molecule has 0 spiro atoms. The first-order valence-electron chi connectivity index (χ1n) is 12.0. The van der Waals surface area contributed by atoms with Gasteiger partial charge in [0.25, 0.3) is 20.0 Å². The fourth-order valence-corrected chi connectivity index (χ4v) is 7.49. The maximum atomic E-state index is 13.8. The van der Waals surface area contributed by atoms with E-state index in [9.17, 15) is 16.8 Å². The molecule has 0 unspecified atom stereocenters. The molecule has 0 amide bonds. The number of nitrogens with zero attached hydrogens (tertiary/aromatic N) is 6. The number of rotatable bonds is 9. The van der Waals surface area contributed by atoms with E-state index >= 15 is 0 Å². The molecule has 38 heavy (non-hydrogen) atoms. The number of hydrogen-bond acceptors (Lipinski definition) is 6. The van der Waals surface area contributed by atoms with Gasteiger partial charge < -0.3 is 0 Å². The Morgan fingerprint density at radius 2 is 1.42 bits per heavy atom. The van der Waals surface area contributed by atoms with Gasteiger partial charge in [-0.25, -0.2) is 0 Å². The third kappa shape index (κ3) is 5.03. The average Bonchev–Trinajstić information content (AvgIpc) is 3.50. The predicted octanol–water partition coefficient (Wildman–Crippen LogP) is 3.95. The summed E-state index contributed by atoms with van der Waals surface area (Å²) in [6.07, 6.45) is 5.46. The predicted molar refractivity (Wildman–Crippen MR) is 145 cm³/mol. The van der Waals surface area contributed by atoms with Gasteiger partial charge in [0.05, 0.1) is 17.9 Å². The van der Waals surface area contributed by atoms with Gasteiger partial charge in [-0.1, -0.05) is 29.8 Å². The Morgan fingerprint density at radius 3 is 1.95 bits per heavy atom. The van der Waals surface area contributed by atoms with Crippen LogP contribution in [0.15, 0.2) is 83.1 Å². The molecule has 2 heterocycles. The molecule has 200 valence electrons. The molecule has 1 aliphatic carbocycles. The Morgan fingerprint density at radius 1 is 0.842 bits per heavy atom. The fraction of sp³-hybridized carbons (Fsp3) is 0.280. The highest BCUT2D eigenvalue weighted by Crippen LogP contribution is 2.37. The van der Waals surface area contributed by atoms with Crippen LogP contribution in [0.25, 0.3) is 0 Å². The summed E-state index contributed by atoms with van der Waals surface area (Å²) in [5.74, 6) is 0. The molecule has 0 bridgehead atoms. The quantitative estimate of drug-likeness (QED) is 0.299. The minimum Gasteiger partial charge on any atom is -0.274 e. The first-order chi connectivity index (χ1) is 18.1. The van der Waals surface area contributed by atoms with E-state index in [1.165, 1.54) is 30.1 Å². The van der Waals surface area contributed by atoms with E-state index in [0.717, 1.165) is 6.42 Å². The highest BCUT2D eigenvalue weighted by Gasteiger charge is 2.37. The molecule has 1 aliphatic rings. The zero-order chi connectivity index (χ0) is 27.1. The lowest BCUT2D eigenvalue weighted by atomic mass is 9.93. The monoisotopic (exact) mass is 574 g/mol. The maximum absolute atomic E-state index is 13.8. The van der Waals surface area contributed by atoms with Gasteiger partial charge in [0.1, 0.15) is 0 Å². The van der Waals surface area contributed by atoms with Gasteiger partial charge in [0, 0.05) is 37.6 Å². The standard InChI is InChI=1S/C25H27ClN6O4S2/c1-29-15-13-24(27-29)37(33,34)31(18-19-9-11-20(26)12-10-19)22-7-4-8-23(17-22)32(21-5-3-6-21)38(35,36)25-14-16-30(2)28-25/h4,7-17,21H,3,5-6,18H2,1-2H3. The van der Waals surface area contributed by atoms with Crippen molar-refractivity contribution in [2.75, 3.05) is 8.61 Å². The summed E-state index contributed by atoms with van der Waals surface area (Å²) in [6, 6.07) is 16.1. The smallest absolute Gasteiger partial charge is 0.274 e. The van der Waals surface area contributed by atoms with Crippen molar-refractivity contribution in [2.45, 2.75) is 41.9 Å². The number of aromatic nitrogens is 4. The van der Waals surface area contributed by atoms with Crippen molar-refractivity contribution in [1.82, 2.24) is 19.6 Å². The summed E-state index contributed by atoms with van der Waals surface area (Å²) in [7, 11) is -4.78. The minimum atomic E-state index is -4.10. The number of sulfonamides is 2. The van der Waals surface area contributed by atoms with E-state index < -0.39 is 20.0 Å². The van der Waals surface area contributed by atoms with Crippen LogP contribution in [0.2, 0.25) is 5.02 Å². The topological polar surface area (TPSA) is 110 Å². The van der Waals surface area contributed by atoms with Crippen LogP contribution in [-0.4, -0.2) is 42.4 Å². The van der Waals surface area contributed by atoms with E-state index in [2.05, 4.69) is 10.2 Å². The number of aryl methyl sites for hydroxylation is 2. The first-order valence-corrected chi connectivity index (χ1v) is 15.2. The Balaban J connectivity index is 1.61. The molecule has 2 aromatic carbocycles. The number of benzene rings is 2. The van der Waals surface area contributed by atoms with Gasteiger partial charge in [-0.15, -0.1) is 0 Å². The highest BCUT2D eigenvalue weighted by molar-refractivity contribution is 7.93. The molecule has 4 aromatic rings. The molecular weight excluding hydrogens is 548 g/mol. The average molecular weight is 575 g/mol. The first kappa shape index (κ1) is 26.3. The van der Waals surface area contributed by atoms with Crippen molar-refractivity contribution in [1.29, 1.82) is 0 Å². The lowest BCUT2D eigenvalue weighted by Crippen LogP contribution is -2.44. The summed E-state index contributed by atoms with van der Waals surface area (Å²) in [5, 5.41) is 8.61. The summed E-state index contributed by atoms with van der Waals surface area (Å²) >= 11 is 6.04. The maximum Gasteiger partial charge on any atom is 0.283 e. The molecule has 1 saturated carbocycles.